The molecule has 1 N–H and O–H groups in total. The van der Waals surface area contributed by atoms with E-state index < -0.39 is 0 Å². The van der Waals surface area contributed by atoms with Gasteiger partial charge in [-0.1, -0.05) is 30.7 Å². The van der Waals surface area contributed by atoms with Gasteiger partial charge in [0.1, 0.15) is 6.17 Å². The van der Waals surface area contributed by atoms with E-state index in [2.05, 4.69) is 5.32 Å². The van der Waals surface area contributed by atoms with Gasteiger partial charge in [0.25, 0.3) is 0 Å². The molecular weight excluding hydrogens is 288 g/mol. The van der Waals surface area contributed by atoms with Crippen molar-refractivity contribution in [2.24, 2.45) is 0 Å². The summed E-state index contributed by atoms with van der Waals surface area (Å²) < 4.78 is 5.66. The van der Waals surface area contributed by atoms with Crippen molar-refractivity contribution in [2.75, 3.05) is 6.61 Å². The Hall–Kier alpha value is -1.10. The monoisotopic (exact) mass is 308 g/mol. The van der Waals surface area contributed by atoms with Gasteiger partial charge >= 0.3 is 0 Å². The van der Waals surface area contributed by atoms with Crippen LogP contribution < -0.4 is 5.32 Å². The zero-order valence-electron chi connectivity index (χ0n) is 12.4. The Labute approximate surface area is 130 Å². The van der Waals surface area contributed by atoms with Crippen LogP contribution in [0.25, 0.3) is 0 Å². The van der Waals surface area contributed by atoms with E-state index in [1.807, 2.05) is 43.0 Å². The molecule has 0 bridgehead atoms. The minimum atomic E-state index is -0.123. The lowest BCUT2D eigenvalue weighted by Gasteiger charge is -2.32. The van der Waals surface area contributed by atoms with Crippen molar-refractivity contribution in [3.8, 4) is 0 Å². The van der Waals surface area contributed by atoms with E-state index >= 15 is 0 Å². The van der Waals surface area contributed by atoms with Gasteiger partial charge in [0.15, 0.2) is 0 Å². The third-order valence-corrected chi connectivity index (χ3v) is 4.69. The minimum absolute atomic E-state index is 0.0769. The molecule has 0 aromatic heterocycles. The van der Waals surface area contributed by atoms with Crippen LogP contribution in [0.3, 0.4) is 0 Å². The second-order valence-electron chi connectivity index (χ2n) is 5.76. The number of benzene rings is 1. The Bertz CT molecular complexity index is 537. The molecule has 0 radical (unpaired) electrons. The van der Waals surface area contributed by atoms with Gasteiger partial charge in [-0.3, -0.25) is 10.1 Å². The first kappa shape index (κ1) is 14.8. The van der Waals surface area contributed by atoms with Crippen molar-refractivity contribution >= 4 is 17.5 Å². The molecule has 2 aliphatic rings. The lowest BCUT2D eigenvalue weighted by atomic mass is 10.1. The topological polar surface area (TPSA) is 41.6 Å². The van der Waals surface area contributed by atoms with E-state index in [9.17, 15) is 4.79 Å². The van der Waals surface area contributed by atoms with Gasteiger partial charge in [0.2, 0.25) is 5.91 Å². The molecule has 4 nitrogen and oxygen atoms in total. The van der Waals surface area contributed by atoms with E-state index in [4.69, 9.17) is 16.3 Å². The van der Waals surface area contributed by atoms with Gasteiger partial charge in [0.05, 0.1) is 18.2 Å². The zero-order chi connectivity index (χ0) is 15.0. The Morgan fingerprint density at radius 1 is 1.48 bits per heavy atom. The third-order valence-electron chi connectivity index (χ3n) is 4.46. The van der Waals surface area contributed by atoms with Crippen molar-refractivity contribution in [3.05, 3.63) is 34.9 Å². The summed E-state index contributed by atoms with van der Waals surface area (Å²) in [4.78, 5) is 14.7. The molecule has 0 aliphatic carbocycles. The summed E-state index contributed by atoms with van der Waals surface area (Å²) in [6.07, 6.45) is 1.64. The fourth-order valence-electron chi connectivity index (χ4n) is 3.32. The zero-order valence-corrected chi connectivity index (χ0v) is 13.1. The maximum atomic E-state index is 12.7. The fourth-order valence-corrected chi connectivity index (χ4v) is 3.51. The summed E-state index contributed by atoms with van der Waals surface area (Å²) in [6, 6.07) is 7.73. The highest BCUT2D eigenvalue weighted by Gasteiger charge is 2.45. The quantitative estimate of drug-likeness (QED) is 0.933. The highest BCUT2D eigenvalue weighted by atomic mass is 35.5. The van der Waals surface area contributed by atoms with Crippen LogP contribution in [-0.2, 0) is 9.53 Å². The van der Waals surface area contributed by atoms with Gasteiger partial charge in [0, 0.05) is 11.6 Å². The number of halogens is 1. The number of amides is 1. The summed E-state index contributed by atoms with van der Waals surface area (Å²) in [6.45, 7) is 4.79. The highest BCUT2D eigenvalue weighted by Crippen LogP contribution is 2.34. The second kappa shape index (κ2) is 5.95. The SMILES string of the molecule is CCC1NC(c2cccc(Cl)c2)N(C2CCOC2C)C1=O. The van der Waals surface area contributed by atoms with E-state index in [1.165, 1.54) is 0 Å². The molecule has 5 heteroatoms. The molecule has 1 aromatic rings. The van der Waals surface area contributed by atoms with Crippen LogP contribution >= 0.6 is 11.6 Å². The van der Waals surface area contributed by atoms with Crippen LogP contribution in [0.15, 0.2) is 24.3 Å². The van der Waals surface area contributed by atoms with Crippen molar-refractivity contribution in [1.82, 2.24) is 10.2 Å². The molecule has 2 aliphatic heterocycles. The first-order chi connectivity index (χ1) is 10.1. The van der Waals surface area contributed by atoms with E-state index in [1.54, 1.807) is 0 Å². The second-order valence-corrected chi connectivity index (χ2v) is 6.20. The molecule has 3 rings (SSSR count). The number of carbonyl (C=O) groups excluding carboxylic acids is 1. The Balaban J connectivity index is 1.94. The van der Waals surface area contributed by atoms with Crippen LogP contribution in [-0.4, -0.2) is 35.6 Å². The summed E-state index contributed by atoms with van der Waals surface area (Å²) in [5.74, 6) is 0.171. The maximum absolute atomic E-state index is 12.7. The van der Waals surface area contributed by atoms with Crippen molar-refractivity contribution in [1.29, 1.82) is 0 Å². The Morgan fingerprint density at radius 2 is 2.29 bits per heavy atom. The normalized spacial score (nSPS) is 32.9. The minimum Gasteiger partial charge on any atom is -0.376 e. The molecule has 1 aromatic carbocycles. The smallest absolute Gasteiger partial charge is 0.241 e. The van der Waals surface area contributed by atoms with Gasteiger partial charge in [-0.05, 0) is 37.5 Å². The lowest BCUT2D eigenvalue weighted by Crippen LogP contribution is -2.43. The van der Waals surface area contributed by atoms with Crippen molar-refractivity contribution < 1.29 is 9.53 Å². The Kier molecular flexibility index (Phi) is 4.20. The Morgan fingerprint density at radius 3 is 2.90 bits per heavy atom. The van der Waals surface area contributed by atoms with Crippen LogP contribution in [0.5, 0.6) is 0 Å². The average Bonchev–Trinajstić information content (AvgIpc) is 3.02. The number of hydrogen-bond donors (Lipinski definition) is 1. The molecule has 1 amide bonds. The maximum Gasteiger partial charge on any atom is 0.241 e. The van der Waals surface area contributed by atoms with Crippen LogP contribution in [0, 0.1) is 0 Å². The van der Waals surface area contributed by atoms with E-state index in [0.717, 1.165) is 18.4 Å². The number of hydrogen-bond acceptors (Lipinski definition) is 3. The number of nitrogens with zero attached hydrogens (tertiary/aromatic N) is 1. The van der Waals surface area contributed by atoms with Crippen LogP contribution in [0.1, 0.15) is 38.4 Å². The third kappa shape index (κ3) is 2.68. The first-order valence-corrected chi connectivity index (χ1v) is 7.95. The van der Waals surface area contributed by atoms with Gasteiger partial charge in [-0.15, -0.1) is 0 Å². The highest BCUT2D eigenvalue weighted by molar-refractivity contribution is 6.30. The molecule has 2 saturated heterocycles. The molecule has 2 fully saturated rings. The summed E-state index contributed by atoms with van der Waals surface area (Å²) >= 11 is 6.11. The van der Waals surface area contributed by atoms with E-state index in [0.29, 0.717) is 11.6 Å². The molecule has 4 unspecified atom stereocenters. The van der Waals surface area contributed by atoms with E-state index in [-0.39, 0.29) is 30.3 Å². The predicted octanol–water partition coefficient (Wildman–Crippen LogP) is 2.73. The predicted molar refractivity (Wildman–Crippen MR) is 82.1 cm³/mol. The largest absolute Gasteiger partial charge is 0.376 e. The number of nitrogens with one attached hydrogen (secondary N) is 1. The van der Waals surface area contributed by atoms with Gasteiger partial charge in [-0.25, -0.2) is 0 Å². The van der Waals surface area contributed by atoms with Crippen LogP contribution in [0.4, 0.5) is 0 Å². The van der Waals surface area contributed by atoms with Gasteiger partial charge < -0.3 is 9.64 Å². The number of ether oxygens (including phenoxy) is 1. The average molecular weight is 309 g/mol. The molecule has 21 heavy (non-hydrogen) atoms. The summed E-state index contributed by atoms with van der Waals surface area (Å²) in [7, 11) is 0. The molecular formula is C16H21ClN2O2. The number of rotatable bonds is 3. The van der Waals surface area contributed by atoms with Crippen LogP contribution in [0.2, 0.25) is 5.02 Å². The molecule has 0 saturated carbocycles. The van der Waals surface area contributed by atoms with Crippen molar-refractivity contribution in [3.63, 3.8) is 0 Å². The molecule has 2 heterocycles. The van der Waals surface area contributed by atoms with Gasteiger partial charge in [-0.2, -0.15) is 0 Å². The molecule has 0 spiro atoms. The van der Waals surface area contributed by atoms with Crippen molar-refractivity contribution in [2.45, 2.75) is 51.0 Å². The molecule has 4 atom stereocenters. The summed E-state index contributed by atoms with van der Waals surface area (Å²) in [5.41, 5.74) is 1.03. The fraction of sp³-hybridized carbons (Fsp3) is 0.562. The summed E-state index contributed by atoms with van der Waals surface area (Å²) in [5, 5.41) is 4.14. The first-order valence-electron chi connectivity index (χ1n) is 7.57. The molecule has 114 valence electrons. The lowest BCUT2D eigenvalue weighted by molar-refractivity contribution is -0.133. The standard InChI is InChI=1S/C16H21ClN2O2/c1-3-13-16(20)19(14-7-8-21-10(14)2)15(18-13)11-5-4-6-12(17)9-11/h4-6,9-10,13-15,18H,3,7-8H2,1-2H3. The number of carbonyl (C=O) groups is 1.